The maximum Gasteiger partial charge on any atom is 0.490 e. The van der Waals surface area contributed by atoms with Crippen LogP contribution in [0.25, 0.3) is 0 Å². The van der Waals surface area contributed by atoms with E-state index in [9.17, 15) is 18.0 Å². The van der Waals surface area contributed by atoms with Crippen molar-refractivity contribution in [3.8, 4) is 0 Å². The van der Waals surface area contributed by atoms with Crippen molar-refractivity contribution in [3.05, 3.63) is 28.8 Å². The average molecular weight is 353 g/mol. The van der Waals surface area contributed by atoms with Crippen molar-refractivity contribution in [2.24, 2.45) is 0 Å². The summed E-state index contributed by atoms with van der Waals surface area (Å²) in [7, 11) is 0. The highest BCUT2D eigenvalue weighted by molar-refractivity contribution is 6.31. The first-order valence-electron chi connectivity index (χ1n) is 6.45. The Balaban J connectivity index is 0.000000236. The zero-order chi connectivity index (χ0) is 17.3. The quantitative estimate of drug-likeness (QED) is 0.668. The number of nitrogens with one attached hydrogen (secondary N) is 2. The number of carboxylic acid groups (broad SMARTS) is 1. The molecule has 1 spiro atoms. The zero-order valence-corrected chi connectivity index (χ0v) is 12.3. The second-order valence-corrected chi connectivity index (χ2v) is 5.36. The number of ether oxygens (including phenoxy) is 1. The van der Waals surface area contributed by atoms with E-state index in [2.05, 4.69) is 10.6 Å². The molecule has 0 aromatic heterocycles. The number of carbonyl (C=O) groups excluding carboxylic acids is 1. The summed E-state index contributed by atoms with van der Waals surface area (Å²) < 4.78 is 37.2. The number of anilines is 1. The van der Waals surface area contributed by atoms with Crippen LogP contribution >= 0.6 is 11.6 Å². The number of aliphatic carboxylic acids is 1. The third-order valence-electron chi connectivity index (χ3n) is 3.36. The van der Waals surface area contributed by atoms with Gasteiger partial charge in [0.25, 0.3) is 0 Å². The van der Waals surface area contributed by atoms with Crippen LogP contribution in [0.15, 0.2) is 18.2 Å². The predicted molar refractivity (Wildman–Crippen MR) is 74.4 cm³/mol. The summed E-state index contributed by atoms with van der Waals surface area (Å²) in [5.74, 6) is -2.76. The first-order valence-corrected chi connectivity index (χ1v) is 6.83. The normalized spacial score (nSPS) is 22.5. The number of halogens is 4. The predicted octanol–water partition coefficient (Wildman–Crippen LogP) is 2.72. The van der Waals surface area contributed by atoms with Gasteiger partial charge in [-0.3, -0.25) is 5.32 Å². The van der Waals surface area contributed by atoms with Crippen LogP contribution in [-0.2, 0) is 15.1 Å². The third kappa shape index (κ3) is 3.85. The van der Waals surface area contributed by atoms with E-state index < -0.39 is 23.8 Å². The van der Waals surface area contributed by atoms with E-state index >= 15 is 0 Å². The fourth-order valence-corrected chi connectivity index (χ4v) is 2.54. The van der Waals surface area contributed by atoms with Crippen molar-refractivity contribution in [1.82, 2.24) is 5.32 Å². The number of alkyl halides is 3. The van der Waals surface area contributed by atoms with Gasteiger partial charge in [-0.25, -0.2) is 9.59 Å². The number of carboxylic acids is 1. The number of hydrogen-bond donors (Lipinski definition) is 3. The van der Waals surface area contributed by atoms with Crippen LogP contribution in [-0.4, -0.2) is 36.4 Å². The Bertz CT molecular complexity index is 630. The van der Waals surface area contributed by atoms with Gasteiger partial charge in [-0.15, -0.1) is 0 Å². The molecular formula is C13H12ClF3N2O4. The highest BCUT2D eigenvalue weighted by Crippen LogP contribution is 2.41. The van der Waals surface area contributed by atoms with Crippen LogP contribution in [0.5, 0.6) is 0 Å². The molecule has 3 rings (SSSR count). The molecule has 0 saturated carbocycles. The van der Waals surface area contributed by atoms with Crippen LogP contribution in [0.4, 0.5) is 23.7 Å². The summed E-state index contributed by atoms with van der Waals surface area (Å²) in [5.41, 5.74) is 1.25. The molecule has 10 heteroatoms. The second kappa shape index (κ2) is 6.25. The van der Waals surface area contributed by atoms with Crippen molar-refractivity contribution in [2.75, 3.05) is 18.4 Å². The first-order chi connectivity index (χ1) is 10.6. The van der Waals surface area contributed by atoms with Gasteiger partial charge < -0.3 is 15.2 Å². The van der Waals surface area contributed by atoms with Crippen LogP contribution in [0.2, 0.25) is 5.02 Å². The van der Waals surface area contributed by atoms with E-state index in [4.69, 9.17) is 26.2 Å². The smallest absolute Gasteiger partial charge is 0.475 e. The Morgan fingerprint density at radius 3 is 2.57 bits per heavy atom. The van der Waals surface area contributed by atoms with Gasteiger partial charge in [0.15, 0.2) is 5.60 Å². The Labute approximate surface area is 133 Å². The van der Waals surface area contributed by atoms with Crippen molar-refractivity contribution < 1.29 is 32.6 Å². The first kappa shape index (κ1) is 17.4. The SMILES string of the molecule is O=C(O)C(F)(F)F.O=C1Nc2cc(Cl)ccc2C2(CCNC2)O1. The van der Waals surface area contributed by atoms with Crippen LogP contribution in [0.3, 0.4) is 0 Å². The minimum atomic E-state index is -5.08. The monoisotopic (exact) mass is 352 g/mol. The number of rotatable bonds is 0. The zero-order valence-electron chi connectivity index (χ0n) is 11.5. The lowest BCUT2D eigenvalue weighted by molar-refractivity contribution is -0.192. The van der Waals surface area contributed by atoms with Crippen molar-refractivity contribution in [2.45, 2.75) is 18.2 Å². The van der Waals surface area contributed by atoms with Gasteiger partial charge >= 0.3 is 18.2 Å². The lowest BCUT2D eigenvalue weighted by Gasteiger charge is -2.34. The lowest BCUT2D eigenvalue weighted by Crippen LogP contribution is -2.41. The standard InChI is InChI=1S/C11H11ClN2O2.C2HF3O2/c12-7-1-2-8-9(5-7)14-10(15)16-11(8)3-4-13-6-11;3-2(4,5)1(6)7/h1-2,5,13H,3-4,6H2,(H,14,15);(H,6,7). The van der Waals surface area contributed by atoms with Crippen LogP contribution in [0.1, 0.15) is 12.0 Å². The molecule has 23 heavy (non-hydrogen) atoms. The molecule has 1 aromatic rings. The molecule has 1 saturated heterocycles. The summed E-state index contributed by atoms with van der Waals surface area (Å²) in [6.45, 7) is 1.52. The van der Waals surface area contributed by atoms with Crippen molar-refractivity contribution in [1.29, 1.82) is 0 Å². The fourth-order valence-electron chi connectivity index (χ4n) is 2.37. The topological polar surface area (TPSA) is 87.7 Å². The maximum atomic E-state index is 11.5. The molecule has 3 N–H and O–H groups in total. The summed E-state index contributed by atoms with van der Waals surface area (Å²) in [5, 5.41) is 13.6. The fraction of sp³-hybridized carbons (Fsp3) is 0.385. The third-order valence-corrected chi connectivity index (χ3v) is 3.59. The van der Waals surface area contributed by atoms with E-state index in [1.54, 1.807) is 6.07 Å². The van der Waals surface area contributed by atoms with Gasteiger partial charge in [0.2, 0.25) is 0 Å². The lowest BCUT2D eigenvalue weighted by atomic mass is 9.90. The molecule has 2 heterocycles. The summed E-state index contributed by atoms with van der Waals surface area (Å²) in [6.07, 6.45) is -4.69. The van der Waals surface area contributed by atoms with E-state index in [-0.39, 0.29) is 0 Å². The molecule has 2 aliphatic rings. The minimum Gasteiger partial charge on any atom is -0.475 e. The number of fused-ring (bicyclic) bond motifs is 2. The van der Waals surface area contributed by atoms with Gasteiger partial charge in [0.05, 0.1) is 5.69 Å². The molecule has 6 nitrogen and oxygen atoms in total. The Hall–Kier alpha value is -2.00. The number of amides is 1. The molecule has 1 unspecified atom stereocenters. The number of benzene rings is 1. The molecule has 2 aliphatic heterocycles. The number of carbonyl (C=O) groups is 2. The van der Waals surface area contributed by atoms with E-state index in [0.29, 0.717) is 11.6 Å². The van der Waals surface area contributed by atoms with Crippen molar-refractivity contribution >= 4 is 29.4 Å². The van der Waals surface area contributed by atoms with Crippen molar-refractivity contribution in [3.63, 3.8) is 0 Å². The molecule has 1 fully saturated rings. The molecule has 0 bridgehead atoms. The number of hydrogen-bond acceptors (Lipinski definition) is 4. The van der Waals surface area contributed by atoms with Gasteiger partial charge in [0.1, 0.15) is 0 Å². The molecule has 1 atom stereocenters. The van der Waals surface area contributed by atoms with E-state index in [1.807, 2.05) is 12.1 Å². The summed E-state index contributed by atoms with van der Waals surface area (Å²) in [6, 6.07) is 5.50. The maximum absolute atomic E-state index is 11.5. The molecule has 1 aromatic carbocycles. The molecular weight excluding hydrogens is 341 g/mol. The van der Waals surface area contributed by atoms with E-state index in [0.717, 1.165) is 24.2 Å². The molecule has 126 valence electrons. The minimum absolute atomic E-state index is 0.404. The van der Waals surface area contributed by atoms with Crippen LogP contribution in [0, 0.1) is 0 Å². The highest BCUT2D eigenvalue weighted by atomic mass is 35.5. The largest absolute Gasteiger partial charge is 0.490 e. The molecule has 1 amide bonds. The molecule has 0 aliphatic carbocycles. The van der Waals surface area contributed by atoms with Gasteiger partial charge in [0, 0.05) is 23.6 Å². The highest BCUT2D eigenvalue weighted by Gasteiger charge is 2.44. The molecule has 0 radical (unpaired) electrons. The van der Waals surface area contributed by atoms with Crippen LogP contribution < -0.4 is 10.6 Å². The average Bonchev–Trinajstić information content (AvgIpc) is 2.86. The second-order valence-electron chi connectivity index (χ2n) is 4.93. The van der Waals surface area contributed by atoms with Gasteiger partial charge in [-0.2, -0.15) is 13.2 Å². The Morgan fingerprint density at radius 2 is 2.04 bits per heavy atom. The summed E-state index contributed by atoms with van der Waals surface area (Å²) in [4.78, 5) is 20.4. The Morgan fingerprint density at radius 1 is 1.39 bits per heavy atom. The van der Waals surface area contributed by atoms with Gasteiger partial charge in [-0.05, 0) is 18.7 Å². The Kier molecular flexibility index (Phi) is 4.71. The van der Waals surface area contributed by atoms with E-state index in [1.165, 1.54) is 0 Å². The van der Waals surface area contributed by atoms with Gasteiger partial charge in [-0.1, -0.05) is 17.7 Å². The summed E-state index contributed by atoms with van der Waals surface area (Å²) >= 11 is 5.91.